The number of hydrogen-bond acceptors (Lipinski definition) is 4. The Bertz CT molecular complexity index is 597. The molecular weight excluding hydrogens is 316 g/mol. The van der Waals surface area contributed by atoms with Gasteiger partial charge in [0.1, 0.15) is 0 Å². The van der Waals surface area contributed by atoms with Gasteiger partial charge >= 0.3 is 6.03 Å². The highest BCUT2D eigenvalue weighted by atomic mass is 32.2. The molecule has 23 heavy (non-hydrogen) atoms. The lowest BCUT2D eigenvalue weighted by atomic mass is 9.86. The summed E-state index contributed by atoms with van der Waals surface area (Å²) in [7, 11) is -3.24. The van der Waals surface area contributed by atoms with Crippen molar-refractivity contribution in [1.82, 2.24) is 20.3 Å². The van der Waals surface area contributed by atoms with E-state index in [0.717, 1.165) is 18.2 Å². The molecule has 3 N–H and O–H groups in total. The zero-order valence-corrected chi connectivity index (χ0v) is 14.9. The van der Waals surface area contributed by atoms with Crippen molar-refractivity contribution in [1.29, 1.82) is 0 Å². The van der Waals surface area contributed by atoms with E-state index < -0.39 is 10.0 Å². The summed E-state index contributed by atoms with van der Waals surface area (Å²) in [6.45, 7) is 6.68. The van der Waals surface area contributed by atoms with Crippen molar-refractivity contribution in [2.24, 2.45) is 5.41 Å². The Labute approximate surface area is 138 Å². The lowest BCUT2D eigenvalue weighted by Crippen LogP contribution is -2.42. The highest BCUT2D eigenvalue weighted by Gasteiger charge is 2.22. The Morgan fingerprint density at radius 2 is 2.00 bits per heavy atom. The molecule has 0 fully saturated rings. The molecule has 0 radical (unpaired) electrons. The van der Waals surface area contributed by atoms with Crippen LogP contribution >= 0.6 is 0 Å². The smallest absolute Gasteiger partial charge is 0.315 e. The molecule has 1 heterocycles. The van der Waals surface area contributed by atoms with Crippen LogP contribution in [0.3, 0.4) is 0 Å². The molecule has 0 saturated heterocycles. The van der Waals surface area contributed by atoms with Crippen LogP contribution in [0.5, 0.6) is 0 Å². The number of carbonyl (C=O) groups excluding carboxylic acids is 1. The topological polar surface area (TPSA) is 100 Å². The van der Waals surface area contributed by atoms with Crippen LogP contribution in [0.2, 0.25) is 0 Å². The third-order valence-corrected chi connectivity index (χ3v) is 3.71. The predicted molar refractivity (Wildman–Crippen MR) is 90.4 cm³/mol. The number of urea groups is 1. The first kappa shape index (κ1) is 19.4. The normalized spacial score (nSPS) is 13.4. The summed E-state index contributed by atoms with van der Waals surface area (Å²) in [4.78, 5) is 16.1. The van der Waals surface area contributed by atoms with Crippen molar-refractivity contribution < 1.29 is 13.2 Å². The minimum Gasteiger partial charge on any atom is -0.337 e. The fourth-order valence-electron chi connectivity index (χ4n) is 2.07. The average molecular weight is 342 g/mol. The van der Waals surface area contributed by atoms with Crippen LogP contribution in [0, 0.1) is 5.41 Å². The van der Waals surface area contributed by atoms with Crippen LogP contribution in [0.15, 0.2) is 24.5 Å². The summed E-state index contributed by atoms with van der Waals surface area (Å²) in [5.41, 5.74) is 0.970. The predicted octanol–water partition coefficient (Wildman–Crippen LogP) is 1.41. The molecule has 0 aliphatic heterocycles. The Balaban J connectivity index is 2.58. The van der Waals surface area contributed by atoms with E-state index in [4.69, 9.17) is 0 Å². The summed E-state index contributed by atoms with van der Waals surface area (Å²) in [5.74, 6) is 0. The largest absolute Gasteiger partial charge is 0.337 e. The summed E-state index contributed by atoms with van der Waals surface area (Å²) in [5, 5.41) is 5.56. The van der Waals surface area contributed by atoms with Gasteiger partial charge in [0.15, 0.2) is 0 Å². The second kappa shape index (κ2) is 8.26. The quantitative estimate of drug-likeness (QED) is 0.652. The molecule has 2 amide bonds. The molecule has 1 atom stereocenters. The van der Waals surface area contributed by atoms with Gasteiger partial charge in [-0.05, 0) is 23.5 Å². The second-order valence-electron chi connectivity index (χ2n) is 6.67. The standard InChI is InChI=1S/C15H26N4O3S/c1-15(2,3)10-13(12-6-5-7-16-11-12)19-14(20)17-8-9-18-23(4,21)22/h5-7,11,13,18H,8-10H2,1-4H3,(H2,17,19,20)/t13-/m0/s1. The minimum absolute atomic E-state index is 0.0334. The van der Waals surface area contributed by atoms with Gasteiger partial charge in [0.05, 0.1) is 12.3 Å². The van der Waals surface area contributed by atoms with Gasteiger partial charge in [-0.2, -0.15) is 0 Å². The first-order valence-corrected chi connectivity index (χ1v) is 9.35. The molecule has 0 saturated carbocycles. The molecule has 8 heteroatoms. The van der Waals surface area contributed by atoms with Gasteiger partial charge in [-0.15, -0.1) is 0 Å². The van der Waals surface area contributed by atoms with E-state index in [1.165, 1.54) is 0 Å². The summed E-state index contributed by atoms with van der Waals surface area (Å²) < 4.78 is 24.2. The van der Waals surface area contributed by atoms with Crippen LogP contribution in [0.4, 0.5) is 4.79 Å². The van der Waals surface area contributed by atoms with Gasteiger partial charge in [0.25, 0.3) is 0 Å². The van der Waals surface area contributed by atoms with E-state index in [1.807, 2.05) is 12.1 Å². The lowest BCUT2D eigenvalue weighted by Gasteiger charge is -2.27. The van der Waals surface area contributed by atoms with Crippen molar-refractivity contribution in [2.45, 2.75) is 33.2 Å². The molecule has 7 nitrogen and oxygen atoms in total. The Morgan fingerprint density at radius 3 is 2.52 bits per heavy atom. The number of nitrogens with one attached hydrogen (secondary N) is 3. The Hall–Kier alpha value is -1.67. The molecule has 1 rings (SSSR count). The fraction of sp³-hybridized carbons (Fsp3) is 0.600. The molecule has 0 aliphatic rings. The number of nitrogens with zero attached hydrogens (tertiary/aromatic N) is 1. The number of rotatable bonds is 7. The molecule has 0 bridgehead atoms. The van der Waals surface area contributed by atoms with Crippen molar-refractivity contribution in [3.8, 4) is 0 Å². The highest BCUT2D eigenvalue weighted by Crippen LogP contribution is 2.28. The van der Waals surface area contributed by atoms with Crippen LogP contribution in [0.25, 0.3) is 0 Å². The molecule has 0 unspecified atom stereocenters. The van der Waals surface area contributed by atoms with Gasteiger partial charge in [0.2, 0.25) is 10.0 Å². The maximum absolute atomic E-state index is 12.0. The first-order chi connectivity index (χ1) is 10.6. The van der Waals surface area contributed by atoms with Crippen LogP contribution < -0.4 is 15.4 Å². The number of aromatic nitrogens is 1. The molecular formula is C15H26N4O3S. The Morgan fingerprint density at radius 1 is 1.30 bits per heavy atom. The van der Waals surface area contributed by atoms with Gasteiger partial charge in [-0.1, -0.05) is 26.8 Å². The summed E-state index contributed by atoms with van der Waals surface area (Å²) in [6.07, 6.45) is 5.26. The molecule has 0 spiro atoms. The average Bonchev–Trinajstić information content (AvgIpc) is 2.41. The fourth-order valence-corrected chi connectivity index (χ4v) is 2.54. The van der Waals surface area contributed by atoms with Crippen LogP contribution in [0.1, 0.15) is 38.8 Å². The maximum atomic E-state index is 12.0. The van der Waals surface area contributed by atoms with Crippen molar-refractivity contribution in [3.63, 3.8) is 0 Å². The van der Waals surface area contributed by atoms with Gasteiger partial charge in [-0.25, -0.2) is 17.9 Å². The number of carbonyl (C=O) groups is 1. The van der Waals surface area contributed by atoms with E-state index in [9.17, 15) is 13.2 Å². The zero-order valence-electron chi connectivity index (χ0n) is 14.1. The van der Waals surface area contributed by atoms with E-state index in [0.29, 0.717) is 0 Å². The van der Waals surface area contributed by atoms with E-state index >= 15 is 0 Å². The molecule has 1 aromatic rings. The van der Waals surface area contributed by atoms with E-state index in [1.54, 1.807) is 12.4 Å². The zero-order chi connectivity index (χ0) is 17.5. The van der Waals surface area contributed by atoms with Gasteiger partial charge < -0.3 is 10.6 Å². The van der Waals surface area contributed by atoms with Crippen molar-refractivity contribution in [3.05, 3.63) is 30.1 Å². The molecule has 0 aliphatic carbocycles. The second-order valence-corrected chi connectivity index (χ2v) is 8.50. The van der Waals surface area contributed by atoms with Crippen LogP contribution in [-0.4, -0.2) is 38.8 Å². The number of sulfonamides is 1. The lowest BCUT2D eigenvalue weighted by molar-refractivity contribution is 0.230. The number of pyridine rings is 1. The third kappa shape index (κ3) is 9.14. The van der Waals surface area contributed by atoms with Crippen molar-refractivity contribution in [2.75, 3.05) is 19.3 Å². The maximum Gasteiger partial charge on any atom is 0.315 e. The molecule has 0 aromatic carbocycles. The SMILES string of the molecule is CC(C)(C)C[C@H](NC(=O)NCCNS(C)(=O)=O)c1cccnc1. The van der Waals surface area contributed by atoms with Gasteiger partial charge in [-0.3, -0.25) is 4.98 Å². The minimum atomic E-state index is -3.24. The number of amides is 2. The highest BCUT2D eigenvalue weighted by molar-refractivity contribution is 7.88. The summed E-state index contributed by atoms with van der Waals surface area (Å²) in [6, 6.07) is 3.26. The first-order valence-electron chi connectivity index (χ1n) is 7.46. The third-order valence-electron chi connectivity index (χ3n) is 2.98. The monoisotopic (exact) mass is 342 g/mol. The summed E-state index contributed by atoms with van der Waals surface area (Å²) >= 11 is 0. The van der Waals surface area contributed by atoms with E-state index in [-0.39, 0.29) is 30.6 Å². The van der Waals surface area contributed by atoms with Crippen molar-refractivity contribution >= 4 is 16.1 Å². The Kier molecular flexibility index (Phi) is 6.96. The van der Waals surface area contributed by atoms with E-state index in [2.05, 4.69) is 41.1 Å². The van der Waals surface area contributed by atoms with Crippen LogP contribution in [-0.2, 0) is 10.0 Å². The van der Waals surface area contributed by atoms with Gasteiger partial charge in [0, 0.05) is 25.5 Å². The molecule has 1 aromatic heterocycles. The molecule has 130 valence electrons. The number of hydrogen-bond donors (Lipinski definition) is 3.